The third-order valence-electron chi connectivity index (χ3n) is 7.06. The third kappa shape index (κ3) is 4.37. The minimum atomic E-state index is -2.00. The number of fused-ring (bicyclic) bond motifs is 1. The second kappa shape index (κ2) is 8.04. The fraction of sp³-hybridized carbons (Fsp3) is 0.818. The first kappa shape index (κ1) is 23.4. The molecule has 8 heteroatoms. The highest BCUT2D eigenvalue weighted by Gasteiger charge is 2.57. The Labute approximate surface area is 180 Å². The third-order valence-corrected chi connectivity index (χ3v) is 11.6. The fourth-order valence-corrected chi connectivity index (χ4v) is 5.31. The summed E-state index contributed by atoms with van der Waals surface area (Å²) in [6.07, 6.45) is 3.15. The summed E-state index contributed by atoms with van der Waals surface area (Å²) < 4.78 is 28.8. The molecule has 7 nitrogen and oxygen atoms in total. The standard InChI is InChI=1S/C22H36O7Si/c1-21(2,3)30(7,8)27-11-13-9-10-14-17(16(13)19(23)25-6)20(24)28-18(14)15-12-26-22(4,5)29-15/h9-10,13-18H,11-12H2,1-8H3/t13-,14-,15-,16+,17-,18+/m1/s1. The molecule has 0 bridgehead atoms. The van der Waals surface area contributed by atoms with Crippen molar-refractivity contribution in [3.8, 4) is 0 Å². The van der Waals surface area contributed by atoms with E-state index in [0.29, 0.717) is 13.2 Å². The quantitative estimate of drug-likeness (QED) is 0.369. The van der Waals surface area contributed by atoms with E-state index in [9.17, 15) is 9.59 Å². The van der Waals surface area contributed by atoms with E-state index in [0.717, 1.165) is 0 Å². The first-order valence-electron chi connectivity index (χ1n) is 10.7. The maximum atomic E-state index is 12.9. The zero-order chi connectivity index (χ0) is 22.5. The number of rotatable bonds is 5. The first-order valence-corrected chi connectivity index (χ1v) is 13.6. The van der Waals surface area contributed by atoms with Gasteiger partial charge in [-0.2, -0.15) is 0 Å². The molecule has 0 aromatic heterocycles. The van der Waals surface area contributed by atoms with Crippen molar-refractivity contribution < 1.29 is 33.0 Å². The minimum absolute atomic E-state index is 0.0542. The van der Waals surface area contributed by atoms with E-state index in [1.807, 2.05) is 26.0 Å². The molecule has 0 aromatic rings. The van der Waals surface area contributed by atoms with Crippen molar-refractivity contribution in [2.75, 3.05) is 20.3 Å². The zero-order valence-electron chi connectivity index (χ0n) is 19.4. The molecule has 0 saturated carbocycles. The van der Waals surface area contributed by atoms with E-state index in [4.69, 9.17) is 23.4 Å². The molecular weight excluding hydrogens is 404 g/mol. The maximum Gasteiger partial charge on any atom is 0.310 e. The number of hydrogen-bond acceptors (Lipinski definition) is 7. The van der Waals surface area contributed by atoms with Gasteiger partial charge in [0.2, 0.25) is 0 Å². The van der Waals surface area contributed by atoms with E-state index in [2.05, 4.69) is 33.9 Å². The summed E-state index contributed by atoms with van der Waals surface area (Å²) in [4.78, 5) is 25.6. The van der Waals surface area contributed by atoms with E-state index < -0.39 is 38.0 Å². The molecule has 0 aromatic carbocycles. The van der Waals surface area contributed by atoms with Crippen molar-refractivity contribution in [2.45, 2.75) is 70.7 Å². The lowest BCUT2D eigenvalue weighted by atomic mass is 9.69. The Balaban J connectivity index is 1.83. The Hall–Kier alpha value is -1.22. The molecule has 1 aliphatic carbocycles. The molecule has 0 spiro atoms. The number of carbonyl (C=O) groups is 2. The van der Waals surface area contributed by atoms with E-state index >= 15 is 0 Å². The van der Waals surface area contributed by atoms with Gasteiger partial charge in [0.25, 0.3) is 0 Å². The molecule has 2 fully saturated rings. The second-order valence-electron chi connectivity index (χ2n) is 10.5. The maximum absolute atomic E-state index is 12.9. The lowest BCUT2D eigenvalue weighted by Crippen LogP contribution is -2.46. The molecule has 30 heavy (non-hydrogen) atoms. The van der Waals surface area contributed by atoms with Gasteiger partial charge in [0.1, 0.15) is 12.2 Å². The number of methoxy groups -OCH3 is 1. The molecule has 170 valence electrons. The van der Waals surface area contributed by atoms with Crippen LogP contribution in [-0.4, -0.2) is 58.6 Å². The predicted octanol–water partition coefficient (Wildman–Crippen LogP) is 3.29. The van der Waals surface area contributed by atoms with Crippen LogP contribution in [0.2, 0.25) is 18.1 Å². The van der Waals surface area contributed by atoms with Gasteiger partial charge in [-0.05, 0) is 32.0 Å². The van der Waals surface area contributed by atoms with Crippen LogP contribution in [0.4, 0.5) is 0 Å². The highest BCUT2D eigenvalue weighted by molar-refractivity contribution is 6.74. The number of carbonyl (C=O) groups excluding carboxylic acids is 2. The molecule has 2 saturated heterocycles. The topological polar surface area (TPSA) is 80.3 Å². The molecule has 2 heterocycles. The molecule has 0 amide bonds. The number of hydrogen-bond donors (Lipinski definition) is 0. The Morgan fingerprint density at radius 3 is 2.47 bits per heavy atom. The number of ether oxygens (including phenoxy) is 4. The molecule has 0 unspecified atom stereocenters. The summed E-state index contributed by atoms with van der Waals surface area (Å²) in [7, 11) is -0.647. The van der Waals surface area contributed by atoms with Crippen LogP contribution in [0.5, 0.6) is 0 Å². The summed E-state index contributed by atoms with van der Waals surface area (Å²) in [5, 5.41) is 0.0542. The minimum Gasteiger partial charge on any atom is -0.469 e. The van der Waals surface area contributed by atoms with Gasteiger partial charge in [-0.1, -0.05) is 32.9 Å². The largest absolute Gasteiger partial charge is 0.469 e. The molecule has 0 radical (unpaired) electrons. The number of cyclic esters (lactones) is 1. The van der Waals surface area contributed by atoms with Crippen LogP contribution in [0.1, 0.15) is 34.6 Å². The van der Waals surface area contributed by atoms with Crippen molar-refractivity contribution in [1.29, 1.82) is 0 Å². The summed E-state index contributed by atoms with van der Waals surface area (Å²) in [5.74, 6) is -3.23. The van der Waals surface area contributed by atoms with Crippen LogP contribution < -0.4 is 0 Å². The van der Waals surface area contributed by atoms with Gasteiger partial charge in [0.15, 0.2) is 14.1 Å². The lowest BCUT2D eigenvalue weighted by Gasteiger charge is -2.39. The van der Waals surface area contributed by atoms with Crippen LogP contribution in [0.25, 0.3) is 0 Å². The van der Waals surface area contributed by atoms with Crippen LogP contribution in [-0.2, 0) is 33.0 Å². The Bertz CT molecular complexity index is 709. The molecular formula is C22H36O7Si. The van der Waals surface area contributed by atoms with Gasteiger partial charge < -0.3 is 23.4 Å². The normalized spacial score (nSPS) is 35.8. The Kier molecular flexibility index (Phi) is 6.28. The summed E-state index contributed by atoms with van der Waals surface area (Å²) >= 11 is 0. The van der Waals surface area contributed by atoms with Gasteiger partial charge in [0.05, 0.1) is 25.6 Å². The lowest BCUT2D eigenvalue weighted by molar-refractivity contribution is -0.164. The molecule has 0 N–H and O–H groups in total. The fourth-order valence-electron chi connectivity index (χ4n) is 4.26. The van der Waals surface area contributed by atoms with Crippen LogP contribution in [0.3, 0.4) is 0 Å². The van der Waals surface area contributed by atoms with E-state index in [1.165, 1.54) is 7.11 Å². The van der Waals surface area contributed by atoms with E-state index in [1.54, 1.807) is 0 Å². The molecule has 2 aliphatic heterocycles. The average molecular weight is 441 g/mol. The predicted molar refractivity (Wildman–Crippen MR) is 113 cm³/mol. The summed E-state index contributed by atoms with van der Waals surface area (Å²) in [6, 6.07) is 0. The van der Waals surface area contributed by atoms with Gasteiger partial charge in [0, 0.05) is 18.4 Å². The first-order chi connectivity index (χ1) is 13.8. The zero-order valence-corrected chi connectivity index (χ0v) is 20.4. The molecule has 6 atom stereocenters. The SMILES string of the molecule is COC(=O)[C@@H]1[C@@H]2C(=O)O[C@H]([C@H]3COC(C)(C)O3)[C@@H]2C=C[C@@H]1CO[Si](C)(C)C(C)(C)C. The highest BCUT2D eigenvalue weighted by atomic mass is 28.4. The molecule has 3 rings (SSSR count). The van der Waals surface area contributed by atoms with Crippen molar-refractivity contribution in [3.05, 3.63) is 12.2 Å². The smallest absolute Gasteiger partial charge is 0.310 e. The van der Waals surface area contributed by atoms with Crippen LogP contribution in [0.15, 0.2) is 12.2 Å². The van der Waals surface area contributed by atoms with Crippen LogP contribution >= 0.6 is 0 Å². The second-order valence-corrected chi connectivity index (χ2v) is 15.4. The van der Waals surface area contributed by atoms with Gasteiger partial charge >= 0.3 is 11.9 Å². The summed E-state index contributed by atoms with van der Waals surface area (Å²) in [5.41, 5.74) is 0. The van der Waals surface area contributed by atoms with Crippen molar-refractivity contribution in [1.82, 2.24) is 0 Å². The molecule has 3 aliphatic rings. The monoisotopic (exact) mass is 440 g/mol. The van der Waals surface area contributed by atoms with Crippen molar-refractivity contribution in [3.63, 3.8) is 0 Å². The van der Waals surface area contributed by atoms with E-state index in [-0.39, 0.29) is 28.9 Å². The van der Waals surface area contributed by atoms with Crippen LogP contribution in [0, 0.1) is 23.7 Å². The highest BCUT2D eigenvalue weighted by Crippen LogP contribution is 2.46. The Morgan fingerprint density at radius 2 is 1.93 bits per heavy atom. The van der Waals surface area contributed by atoms with Gasteiger partial charge in [-0.3, -0.25) is 9.59 Å². The van der Waals surface area contributed by atoms with Crippen molar-refractivity contribution in [2.24, 2.45) is 23.7 Å². The van der Waals surface area contributed by atoms with Crippen molar-refractivity contribution >= 4 is 20.3 Å². The van der Waals surface area contributed by atoms with Gasteiger partial charge in [-0.25, -0.2) is 0 Å². The van der Waals surface area contributed by atoms with Gasteiger partial charge in [-0.15, -0.1) is 0 Å². The average Bonchev–Trinajstić information content (AvgIpc) is 3.17. The number of esters is 2. The summed E-state index contributed by atoms with van der Waals surface area (Å²) in [6.45, 7) is 15.3. The Morgan fingerprint density at radius 1 is 1.27 bits per heavy atom.